The van der Waals surface area contributed by atoms with Crippen LogP contribution in [0.3, 0.4) is 0 Å². The van der Waals surface area contributed by atoms with Crippen molar-refractivity contribution in [3.63, 3.8) is 0 Å². The number of esters is 1. The molecule has 0 unspecified atom stereocenters. The van der Waals surface area contributed by atoms with E-state index in [4.69, 9.17) is 4.74 Å². The molecule has 0 aromatic heterocycles. The van der Waals surface area contributed by atoms with E-state index in [9.17, 15) is 14.4 Å². The number of Topliss-reactive ketones (excluding diaryl/α,β-unsaturated/α-hetero) is 1. The number of ether oxygens (including phenoxy) is 1. The summed E-state index contributed by atoms with van der Waals surface area (Å²) in [7, 11) is 0. The molecule has 0 bridgehead atoms. The predicted octanol–water partition coefficient (Wildman–Crippen LogP) is 3.21. The zero-order chi connectivity index (χ0) is 19.1. The van der Waals surface area contributed by atoms with Crippen molar-refractivity contribution in [2.24, 2.45) is 0 Å². The van der Waals surface area contributed by atoms with Crippen LogP contribution < -0.4 is 5.32 Å². The third kappa shape index (κ3) is 5.41. The molecule has 2 aromatic carbocycles. The van der Waals surface area contributed by atoms with Crippen LogP contribution in [0.5, 0.6) is 0 Å². The second-order valence-corrected chi connectivity index (χ2v) is 5.97. The molecule has 0 radical (unpaired) electrons. The maximum Gasteiger partial charge on any atom is 0.355 e. The maximum atomic E-state index is 12.3. The minimum absolute atomic E-state index is 0.0162. The van der Waals surface area contributed by atoms with Crippen molar-refractivity contribution >= 4 is 23.7 Å². The van der Waals surface area contributed by atoms with Crippen molar-refractivity contribution in [2.45, 2.75) is 20.8 Å². The Morgan fingerprint density at radius 3 is 2.38 bits per heavy atom. The number of carbonyl (C=O) groups is 3. The van der Waals surface area contributed by atoms with Crippen LogP contribution in [0.2, 0.25) is 0 Å². The highest BCUT2D eigenvalue weighted by Crippen LogP contribution is 2.12. The minimum Gasteiger partial charge on any atom is -0.453 e. The Labute approximate surface area is 152 Å². The number of rotatable bonds is 6. The molecule has 0 saturated carbocycles. The topological polar surface area (TPSA) is 72.5 Å². The predicted molar refractivity (Wildman–Crippen MR) is 99.4 cm³/mol. The van der Waals surface area contributed by atoms with Crippen molar-refractivity contribution in [2.75, 3.05) is 6.61 Å². The highest BCUT2D eigenvalue weighted by Gasteiger charge is 2.16. The van der Waals surface area contributed by atoms with Gasteiger partial charge in [-0.15, -0.1) is 0 Å². The van der Waals surface area contributed by atoms with E-state index in [0.717, 1.165) is 16.7 Å². The van der Waals surface area contributed by atoms with Crippen molar-refractivity contribution in [1.82, 2.24) is 5.32 Å². The first-order valence-corrected chi connectivity index (χ1v) is 8.18. The van der Waals surface area contributed by atoms with E-state index in [2.05, 4.69) is 5.32 Å². The second kappa shape index (κ2) is 8.76. The fraction of sp³-hybridized carbons (Fsp3) is 0.190. The zero-order valence-corrected chi connectivity index (χ0v) is 15.0. The monoisotopic (exact) mass is 351 g/mol. The van der Waals surface area contributed by atoms with Crippen LogP contribution in [-0.4, -0.2) is 24.3 Å². The summed E-state index contributed by atoms with van der Waals surface area (Å²) in [6.07, 6.45) is 1.51. The van der Waals surface area contributed by atoms with Crippen LogP contribution in [0.25, 0.3) is 6.08 Å². The lowest BCUT2D eigenvalue weighted by Gasteiger charge is -2.10. The third-order valence-corrected chi connectivity index (χ3v) is 3.67. The van der Waals surface area contributed by atoms with Crippen molar-refractivity contribution in [3.05, 3.63) is 76.5 Å². The Morgan fingerprint density at radius 2 is 1.73 bits per heavy atom. The number of carbonyl (C=O) groups excluding carboxylic acids is 3. The van der Waals surface area contributed by atoms with Gasteiger partial charge in [0.15, 0.2) is 6.61 Å². The van der Waals surface area contributed by atoms with Crippen molar-refractivity contribution in [3.8, 4) is 0 Å². The first-order chi connectivity index (χ1) is 12.4. The van der Waals surface area contributed by atoms with E-state index < -0.39 is 18.5 Å². The minimum atomic E-state index is -0.761. The van der Waals surface area contributed by atoms with E-state index in [1.54, 1.807) is 18.2 Å². The number of benzene rings is 2. The quantitative estimate of drug-likeness (QED) is 0.493. The lowest BCUT2D eigenvalue weighted by molar-refractivity contribution is -0.139. The van der Waals surface area contributed by atoms with Gasteiger partial charge in [0, 0.05) is 12.5 Å². The molecule has 2 rings (SSSR count). The smallest absolute Gasteiger partial charge is 0.355 e. The molecule has 0 aliphatic rings. The van der Waals surface area contributed by atoms with Crippen LogP contribution in [0.4, 0.5) is 0 Å². The zero-order valence-electron chi connectivity index (χ0n) is 15.0. The first kappa shape index (κ1) is 19.1. The third-order valence-electron chi connectivity index (χ3n) is 3.67. The average molecular weight is 351 g/mol. The summed E-state index contributed by atoms with van der Waals surface area (Å²) in [5, 5.41) is 2.45. The summed E-state index contributed by atoms with van der Waals surface area (Å²) >= 11 is 0. The standard InChI is InChI=1S/C21H21NO4/c1-14-9-10-15(2)18(11-14)20(24)13-26-21(25)19(22-16(3)23)12-17-7-5-4-6-8-17/h4-12H,13H2,1-3H3,(H,22,23). The molecule has 0 aliphatic carbocycles. The van der Waals surface area contributed by atoms with E-state index >= 15 is 0 Å². The number of aryl methyl sites for hydroxylation is 2. The molecule has 5 nitrogen and oxygen atoms in total. The summed E-state index contributed by atoms with van der Waals surface area (Å²) in [6, 6.07) is 14.6. The van der Waals surface area contributed by atoms with Gasteiger partial charge < -0.3 is 10.1 Å². The van der Waals surface area contributed by atoms with E-state index in [-0.39, 0.29) is 11.5 Å². The number of hydrogen-bond acceptors (Lipinski definition) is 4. The summed E-state index contributed by atoms with van der Waals surface area (Å²) < 4.78 is 5.12. The molecular weight excluding hydrogens is 330 g/mol. The molecule has 0 fully saturated rings. The fourth-order valence-electron chi connectivity index (χ4n) is 2.37. The molecule has 1 amide bonds. The van der Waals surface area contributed by atoms with E-state index in [1.807, 2.05) is 44.2 Å². The Hall–Kier alpha value is -3.21. The lowest BCUT2D eigenvalue weighted by atomic mass is 10.0. The summed E-state index contributed by atoms with van der Waals surface area (Å²) in [5.41, 5.74) is 3.00. The molecule has 0 heterocycles. The van der Waals surface area contributed by atoms with E-state index in [1.165, 1.54) is 13.0 Å². The van der Waals surface area contributed by atoms with Crippen LogP contribution >= 0.6 is 0 Å². The van der Waals surface area contributed by atoms with Gasteiger partial charge in [-0.3, -0.25) is 9.59 Å². The molecule has 0 aliphatic heterocycles. The van der Waals surface area contributed by atoms with Gasteiger partial charge in [-0.1, -0.05) is 48.0 Å². The largest absolute Gasteiger partial charge is 0.453 e. The number of hydrogen-bond donors (Lipinski definition) is 1. The average Bonchev–Trinajstić information content (AvgIpc) is 2.61. The van der Waals surface area contributed by atoms with Crippen LogP contribution in [0, 0.1) is 13.8 Å². The summed E-state index contributed by atoms with van der Waals surface area (Å²) in [5.74, 6) is -1.45. The van der Waals surface area contributed by atoms with Crippen LogP contribution in [0.15, 0.2) is 54.2 Å². The Kier molecular flexibility index (Phi) is 6.44. The van der Waals surface area contributed by atoms with Crippen LogP contribution in [0.1, 0.15) is 34.0 Å². The van der Waals surface area contributed by atoms with Crippen LogP contribution in [-0.2, 0) is 14.3 Å². The van der Waals surface area contributed by atoms with Gasteiger partial charge in [-0.2, -0.15) is 0 Å². The molecule has 26 heavy (non-hydrogen) atoms. The Balaban J connectivity index is 2.12. The van der Waals surface area contributed by atoms with Crippen molar-refractivity contribution < 1.29 is 19.1 Å². The molecule has 134 valence electrons. The highest BCUT2D eigenvalue weighted by molar-refractivity contribution is 6.02. The SMILES string of the molecule is CC(=O)NC(=Cc1ccccc1)C(=O)OCC(=O)c1cc(C)ccc1C. The van der Waals surface area contributed by atoms with Gasteiger partial charge in [0.25, 0.3) is 0 Å². The van der Waals surface area contributed by atoms with E-state index in [0.29, 0.717) is 5.56 Å². The van der Waals surface area contributed by atoms with Gasteiger partial charge in [-0.05, 0) is 37.1 Å². The molecule has 1 N–H and O–H groups in total. The summed E-state index contributed by atoms with van der Waals surface area (Å²) in [4.78, 5) is 36.0. The molecule has 0 saturated heterocycles. The van der Waals surface area contributed by atoms with Gasteiger partial charge in [0.1, 0.15) is 5.70 Å². The fourth-order valence-corrected chi connectivity index (χ4v) is 2.37. The molecule has 0 atom stereocenters. The molecule has 5 heteroatoms. The second-order valence-electron chi connectivity index (χ2n) is 5.97. The molecule has 0 spiro atoms. The number of amides is 1. The van der Waals surface area contributed by atoms with Gasteiger partial charge in [0.05, 0.1) is 0 Å². The lowest BCUT2D eigenvalue weighted by Crippen LogP contribution is -2.27. The van der Waals surface area contributed by atoms with Gasteiger partial charge >= 0.3 is 5.97 Å². The maximum absolute atomic E-state index is 12.3. The number of nitrogens with one attached hydrogen (secondary N) is 1. The Morgan fingerprint density at radius 1 is 1.04 bits per heavy atom. The normalized spacial score (nSPS) is 11.0. The summed E-state index contributed by atoms with van der Waals surface area (Å²) in [6.45, 7) is 4.62. The molecular formula is C21H21NO4. The molecule has 2 aromatic rings. The Bertz CT molecular complexity index is 854. The van der Waals surface area contributed by atoms with Crippen molar-refractivity contribution in [1.29, 1.82) is 0 Å². The highest BCUT2D eigenvalue weighted by atomic mass is 16.5. The number of ketones is 1. The van der Waals surface area contributed by atoms with Gasteiger partial charge in [0.2, 0.25) is 11.7 Å². The van der Waals surface area contributed by atoms with Gasteiger partial charge in [-0.25, -0.2) is 4.79 Å². The first-order valence-electron chi connectivity index (χ1n) is 8.18.